The number of benzene rings is 1. The van der Waals surface area contributed by atoms with Crippen LogP contribution in [0, 0.1) is 0 Å². The van der Waals surface area contributed by atoms with Gasteiger partial charge in [0.25, 0.3) is 0 Å². The molecule has 0 aliphatic carbocycles. The Morgan fingerprint density at radius 2 is 1.89 bits per heavy atom. The van der Waals surface area contributed by atoms with Crippen molar-refractivity contribution < 1.29 is 0 Å². The molecule has 0 spiro atoms. The van der Waals surface area contributed by atoms with Gasteiger partial charge >= 0.3 is 0 Å². The minimum Gasteiger partial charge on any atom is -0.350 e. The smallest absolute Gasteiger partial charge is 0.224 e. The second kappa shape index (κ2) is 10.4. The van der Waals surface area contributed by atoms with Crippen molar-refractivity contribution in [3.63, 3.8) is 0 Å². The van der Waals surface area contributed by atoms with E-state index < -0.39 is 0 Å². The number of nitrogens with one attached hydrogen (secondary N) is 1. The number of hydrogen-bond acceptors (Lipinski definition) is 4. The minimum atomic E-state index is 0.714. The first-order valence-electron chi connectivity index (χ1n) is 10.1. The number of allylic oxidation sites excluding steroid dienone is 1. The summed E-state index contributed by atoms with van der Waals surface area (Å²) in [7, 11) is 1.97. The number of nitrogens with zero attached hydrogens (tertiary/aromatic N) is 4. The van der Waals surface area contributed by atoms with Crippen molar-refractivity contribution >= 4 is 12.0 Å². The van der Waals surface area contributed by atoms with Gasteiger partial charge in [-0.15, -0.1) is 10.2 Å². The first kappa shape index (κ1) is 19.8. The first-order valence-corrected chi connectivity index (χ1v) is 10.1. The monoisotopic (exact) mass is 375 g/mol. The summed E-state index contributed by atoms with van der Waals surface area (Å²) in [5.41, 5.74) is 3.27. The third-order valence-corrected chi connectivity index (χ3v) is 4.72. The van der Waals surface area contributed by atoms with Gasteiger partial charge in [0.05, 0.1) is 0 Å². The standard InChI is InChI=1S/C23H29N5/c1-3-4-5-6-7-9-14-20-15-21(18-24-16-20)22-26-27-23(28(22)2)25-17-19-12-10-8-11-13-19/h8-16,18H,3-7,17H2,1-2H3,(H,25,27)/b14-9+. The molecule has 5 nitrogen and oxygen atoms in total. The predicted octanol–water partition coefficient (Wildman–Crippen LogP) is 5.47. The number of aromatic nitrogens is 4. The summed E-state index contributed by atoms with van der Waals surface area (Å²) in [6, 6.07) is 12.4. The Hall–Kier alpha value is -2.95. The number of hydrogen-bond donors (Lipinski definition) is 1. The maximum Gasteiger partial charge on any atom is 0.224 e. The highest BCUT2D eigenvalue weighted by Crippen LogP contribution is 2.20. The van der Waals surface area contributed by atoms with Crippen molar-refractivity contribution in [3.05, 3.63) is 66.0 Å². The Bertz CT molecular complexity index is 883. The molecule has 3 aromatic rings. The second-order valence-corrected chi connectivity index (χ2v) is 7.00. The third-order valence-electron chi connectivity index (χ3n) is 4.72. The van der Waals surface area contributed by atoms with Gasteiger partial charge in [-0.1, -0.05) is 68.7 Å². The highest BCUT2D eigenvalue weighted by Gasteiger charge is 2.11. The summed E-state index contributed by atoms with van der Waals surface area (Å²) < 4.78 is 1.97. The van der Waals surface area contributed by atoms with Crippen LogP contribution in [0.15, 0.2) is 54.9 Å². The molecule has 2 heterocycles. The zero-order chi connectivity index (χ0) is 19.6. The molecule has 0 aliphatic rings. The maximum absolute atomic E-state index is 4.38. The molecular formula is C23H29N5. The van der Waals surface area contributed by atoms with Gasteiger partial charge in [-0.05, 0) is 30.0 Å². The molecule has 5 heteroatoms. The molecule has 0 fully saturated rings. The largest absolute Gasteiger partial charge is 0.350 e. The predicted molar refractivity (Wildman–Crippen MR) is 116 cm³/mol. The Labute approximate surface area is 167 Å². The van der Waals surface area contributed by atoms with Crippen LogP contribution in [0.2, 0.25) is 0 Å². The zero-order valence-corrected chi connectivity index (χ0v) is 16.8. The maximum atomic E-state index is 4.38. The van der Waals surface area contributed by atoms with Crippen LogP contribution in [0.25, 0.3) is 17.5 Å². The van der Waals surface area contributed by atoms with E-state index in [0.717, 1.165) is 29.3 Å². The average molecular weight is 376 g/mol. The highest BCUT2D eigenvalue weighted by atomic mass is 15.3. The molecular weight excluding hydrogens is 346 g/mol. The number of anilines is 1. The van der Waals surface area contributed by atoms with Crippen LogP contribution in [-0.2, 0) is 13.6 Å². The first-order chi connectivity index (χ1) is 13.8. The fourth-order valence-corrected chi connectivity index (χ4v) is 3.09. The van der Waals surface area contributed by atoms with Gasteiger partial charge < -0.3 is 5.32 Å². The van der Waals surface area contributed by atoms with Crippen molar-refractivity contribution in [1.29, 1.82) is 0 Å². The van der Waals surface area contributed by atoms with Crippen LogP contribution in [-0.4, -0.2) is 19.7 Å². The molecule has 0 aliphatic heterocycles. The lowest BCUT2D eigenvalue weighted by Crippen LogP contribution is -2.05. The molecule has 0 saturated carbocycles. The Morgan fingerprint density at radius 3 is 2.71 bits per heavy atom. The molecule has 0 atom stereocenters. The fourth-order valence-electron chi connectivity index (χ4n) is 3.09. The summed E-state index contributed by atoms with van der Waals surface area (Å²) >= 11 is 0. The van der Waals surface area contributed by atoms with Crippen LogP contribution in [0.3, 0.4) is 0 Å². The minimum absolute atomic E-state index is 0.714. The second-order valence-electron chi connectivity index (χ2n) is 7.00. The van der Waals surface area contributed by atoms with Crippen molar-refractivity contribution in [2.24, 2.45) is 7.05 Å². The van der Waals surface area contributed by atoms with Crippen LogP contribution < -0.4 is 5.32 Å². The Balaban J connectivity index is 1.63. The lowest BCUT2D eigenvalue weighted by atomic mass is 10.1. The van der Waals surface area contributed by atoms with Gasteiger partial charge in [0.15, 0.2) is 5.82 Å². The lowest BCUT2D eigenvalue weighted by molar-refractivity contribution is 0.675. The SMILES string of the molecule is CCCCCC/C=C/c1cncc(-c2nnc(NCc3ccccc3)n2C)c1. The molecule has 2 aromatic heterocycles. The third kappa shape index (κ3) is 5.52. The van der Waals surface area contributed by atoms with E-state index in [-0.39, 0.29) is 0 Å². The van der Waals surface area contributed by atoms with Gasteiger partial charge in [-0.25, -0.2) is 0 Å². The highest BCUT2D eigenvalue weighted by molar-refractivity contribution is 5.61. The van der Waals surface area contributed by atoms with Crippen LogP contribution in [0.4, 0.5) is 5.95 Å². The summed E-state index contributed by atoms with van der Waals surface area (Å²) in [5, 5.41) is 12.0. The van der Waals surface area contributed by atoms with E-state index in [1.807, 2.05) is 42.2 Å². The number of rotatable bonds is 10. The van der Waals surface area contributed by atoms with E-state index in [0.29, 0.717) is 6.54 Å². The fraction of sp³-hybridized carbons (Fsp3) is 0.348. The Morgan fingerprint density at radius 1 is 1.04 bits per heavy atom. The van der Waals surface area contributed by atoms with Crippen molar-refractivity contribution in [1.82, 2.24) is 19.7 Å². The quantitative estimate of drug-likeness (QED) is 0.477. The van der Waals surface area contributed by atoms with Gasteiger partial charge in [0.2, 0.25) is 5.95 Å². The summed E-state index contributed by atoms with van der Waals surface area (Å²) in [5.74, 6) is 1.55. The van der Waals surface area contributed by atoms with E-state index in [1.165, 1.54) is 31.2 Å². The lowest BCUT2D eigenvalue weighted by Gasteiger charge is -2.07. The van der Waals surface area contributed by atoms with E-state index in [9.17, 15) is 0 Å². The zero-order valence-electron chi connectivity index (χ0n) is 16.8. The molecule has 0 radical (unpaired) electrons. The molecule has 1 N–H and O–H groups in total. The van der Waals surface area contributed by atoms with E-state index in [1.54, 1.807) is 0 Å². The summed E-state index contributed by atoms with van der Waals surface area (Å²) in [6.07, 6.45) is 14.4. The normalized spacial score (nSPS) is 11.2. The van der Waals surface area contributed by atoms with E-state index in [2.05, 4.69) is 57.8 Å². The van der Waals surface area contributed by atoms with Crippen molar-refractivity contribution in [2.45, 2.75) is 45.6 Å². The van der Waals surface area contributed by atoms with Crippen LogP contribution >= 0.6 is 0 Å². The summed E-state index contributed by atoms with van der Waals surface area (Å²) in [4.78, 5) is 4.38. The topological polar surface area (TPSA) is 55.6 Å². The molecule has 146 valence electrons. The van der Waals surface area contributed by atoms with Gasteiger partial charge in [0, 0.05) is 31.5 Å². The molecule has 28 heavy (non-hydrogen) atoms. The molecule has 1 aromatic carbocycles. The van der Waals surface area contributed by atoms with E-state index in [4.69, 9.17) is 0 Å². The molecule has 0 bridgehead atoms. The van der Waals surface area contributed by atoms with Crippen molar-refractivity contribution in [3.8, 4) is 11.4 Å². The number of unbranched alkanes of at least 4 members (excludes halogenated alkanes) is 4. The molecule has 0 amide bonds. The van der Waals surface area contributed by atoms with Gasteiger partial charge in [-0.2, -0.15) is 0 Å². The van der Waals surface area contributed by atoms with Crippen molar-refractivity contribution in [2.75, 3.05) is 5.32 Å². The average Bonchev–Trinajstić information content (AvgIpc) is 3.10. The molecule has 3 rings (SSSR count). The van der Waals surface area contributed by atoms with Gasteiger partial charge in [0.1, 0.15) is 0 Å². The van der Waals surface area contributed by atoms with E-state index >= 15 is 0 Å². The number of pyridine rings is 1. The molecule has 0 saturated heterocycles. The van der Waals surface area contributed by atoms with Gasteiger partial charge in [-0.3, -0.25) is 9.55 Å². The van der Waals surface area contributed by atoms with Crippen LogP contribution in [0.5, 0.6) is 0 Å². The Kier molecular flexibility index (Phi) is 7.36. The summed E-state index contributed by atoms with van der Waals surface area (Å²) in [6.45, 7) is 2.95. The molecule has 0 unspecified atom stereocenters. The van der Waals surface area contributed by atoms with Crippen LogP contribution in [0.1, 0.15) is 50.2 Å².